The highest BCUT2D eigenvalue weighted by molar-refractivity contribution is 5.93. The molecule has 21 heavy (non-hydrogen) atoms. The molecule has 2 saturated heterocycles. The zero-order chi connectivity index (χ0) is 14.4. The van der Waals surface area contributed by atoms with Gasteiger partial charge in [-0.2, -0.15) is 0 Å². The molecule has 2 unspecified atom stereocenters. The van der Waals surface area contributed by atoms with Crippen molar-refractivity contribution in [1.29, 1.82) is 0 Å². The van der Waals surface area contributed by atoms with Crippen LogP contribution in [0.4, 0.5) is 5.95 Å². The number of imidazole rings is 1. The van der Waals surface area contributed by atoms with Crippen molar-refractivity contribution in [2.24, 2.45) is 0 Å². The molecule has 3 aliphatic heterocycles. The van der Waals surface area contributed by atoms with Crippen LogP contribution in [-0.2, 0) is 6.54 Å². The lowest BCUT2D eigenvalue weighted by Crippen LogP contribution is -2.56. The first kappa shape index (κ1) is 13.1. The minimum absolute atomic E-state index is 0.0951. The van der Waals surface area contributed by atoms with Crippen molar-refractivity contribution < 1.29 is 4.79 Å². The summed E-state index contributed by atoms with van der Waals surface area (Å²) in [4.78, 5) is 21.9. The van der Waals surface area contributed by atoms with Crippen LogP contribution in [-0.4, -0.2) is 63.5 Å². The molecule has 3 aliphatic rings. The summed E-state index contributed by atoms with van der Waals surface area (Å²) in [6.07, 6.45) is 5.49. The molecule has 6 nitrogen and oxygen atoms in total. The number of nitrogens with one attached hydrogen (secondary N) is 1. The Hall–Kier alpha value is -1.56. The van der Waals surface area contributed by atoms with Crippen molar-refractivity contribution in [1.82, 2.24) is 19.4 Å². The molecule has 2 atom stereocenters. The highest BCUT2D eigenvalue weighted by Crippen LogP contribution is 2.26. The van der Waals surface area contributed by atoms with Crippen LogP contribution in [0.25, 0.3) is 0 Å². The number of aromatic nitrogens is 2. The summed E-state index contributed by atoms with van der Waals surface area (Å²) >= 11 is 0. The number of hydrogen-bond donors (Lipinski definition) is 1. The van der Waals surface area contributed by atoms with E-state index >= 15 is 0 Å². The Bertz CT molecular complexity index is 531. The smallest absolute Gasteiger partial charge is 0.274 e. The molecule has 1 aromatic heterocycles. The van der Waals surface area contributed by atoms with Gasteiger partial charge in [0.2, 0.25) is 5.95 Å². The van der Waals surface area contributed by atoms with Crippen molar-refractivity contribution in [3.8, 4) is 0 Å². The number of aryl methyl sites for hydroxylation is 1. The van der Waals surface area contributed by atoms with Crippen LogP contribution in [0, 0.1) is 0 Å². The summed E-state index contributed by atoms with van der Waals surface area (Å²) in [5.41, 5.74) is 0.595. The molecular formula is C15H23N5O. The molecular weight excluding hydrogens is 266 g/mol. The topological polar surface area (TPSA) is 53.4 Å². The van der Waals surface area contributed by atoms with Crippen LogP contribution in [0.1, 0.15) is 36.7 Å². The van der Waals surface area contributed by atoms with Crippen molar-refractivity contribution in [3.05, 3.63) is 11.9 Å². The van der Waals surface area contributed by atoms with Crippen LogP contribution >= 0.6 is 0 Å². The van der Waals surface area contributed by atoms with E-state index in [9.17, 15) is 4.79 Å². The summed E-state index contributed by atoms with van der Waals surface area (Å²) in [5, 5.41) is 3.26. The molecule has 0 radical (unpaired) electrons. The van der Waals surface area contributed by atoms with Gasteiger partial charge < -0.3 is 14.8 Å². The third kappa shape index (κ3) is 2.21. The first-order valence-corrected chi connectivity index (χ1v) is 8.08. The lowest BCUT2D eigenvalue weighted by atomic mass is 10.1. The first-order chi connectivity index (χ1) is 10.2. The zero-order valence-corrected chi connectivity index (χ0v) is 12.6. The van der Waals surface area contributed by atoms with Gasteiger partial charge >= 0.3 is 0 Å². The second-order valence-electron chi connectivity index (χ2n) is 6.52. The van der Waals surface area contributed by atoms with Crippen molar-refractivity contribution >= 4 is 11.9 Å². The maximum atomic E-state index is 12.8. The molecule has 6 heteroatoms. The number of carbonyl (C=O) groups is 1. The number of nitrogens with zero attached hydrogens (tertiary/aromatic N) is 4. The second-order valence-corrected chi connectivity index (χ2v) is 6.52. The van der Waals surface area contributed by atoms with Gasteiger partial charge in [-0.15, -0.1) is 0 Å². The van der Waals surface area contributed by atoms with E-state index in [1.54, 1.807) is 0 Å². The molecule has 0 aromatic carbocycles. The molecule has 0 spiro atoms. The standard InChI is InChI=1S/C15H23N5O/c1-11-8-18-6-2-4-12(18)9-20(11)14(21)13-10-19-7-3-5-16-15(19)17-13/h10-12H,2-9H2,1H3,(H,16,17). The quantitative estimate of drug-likeness (QED) is 0.838. The Morgan fingerprint density at radius 2 is 2.24 bits per heavy atom. The summed E-state index contributed by atoms with van der Waals surface area (Å²) in [6, 6.07) is 0.832. The molecule has 114 valence electrons. The van der Waals surface area contributed by atoms with Gasteiger partial charge in [0.15, 0.2) is 0 Å². The lowest BCUT2D eigenvalue weighted by molar-refractivity contribution is 0.0391. The van der Waals surface area contributed by atoms with Gasteiger partial charge in [-0.25, -0.2) is 4.98 Å². The van der Waals surface area contributed by atoms with Crippen molar-refractivity contribution in [2.45, 2.75) is 44.8 Å². The van der Waals surface area contributed by atoms with Crippen LogP contribution in [0.2, 0.25) is 0 Å². The molecule has 2 fully saturated rings. The number of fused-ring (bicyclic) bond motifs is 2. The monoisotopic (exact) mass is 289 g/mol. The van der Waals surface area contributed by atoms with E-state index in [0.29, 0.717) is 11.7 Å². The fourth-order valence-electron chi connectivity index (χ4n) is 3.90. The SMILES string of the molecule is CC1CN2CCCC2CN1C(=O)c1cn2c(n1)NCCC2. The largest absolute Gasteiger partial charge is 0.356 e. The third-order valence-corrected chi connectivity index (χ3v) is 5.05. The number of hydrogen-bond acceptors (Lipinski definition) is 4. The molecule has 1 aromatic rings. The summed E-state index contributed by atoms with van der Waals surface area (Å²) in [7, 11) is 0. The average Bonchev–Trinajstić information content (AvgIpc) is 3.11. The number of rotatable bonds is 1. The Morgan fingerprint density at radius 1 is 1.33 bits per heavy atom. The average molecular weight is 289 g/mol. The van der Waals surface area contributed by atoms with E-state index < -0.39 is 0 Å². The Balaban J connectivity index is 1.54. The number of anilines is 1. The fourth-order valence-corrected chi connectivity index (χ4v) is 3.90. The van der Waals surface area contributed by atoms with Gasteiger partial charge in [0.25, 0.3) is 5.91 Å². The molecule has 0 saturated carbocycles. The molecule has 0 bridgehead atoms. The first-order valence-electron chi connectivity index (χ1n) is 8.08. The van der Waals surface area contributed by atoms with Gasteiger partial charge in [-0.1, -0.05) is 0 Å². The normalized spacial score (nSPS) is 28.9. The van der Waals surface area contributed by atoms with Crippen molar-refractivity contribution in [2.75, 3.05) is 31.5 Å². The van der Waals surface area contributed by atoms with E-state index in [0.717, 1.165) is 38.5 Å². The van der Waals surface area contributed by atoms with E-state index in [1.807, 2.05) is 11.1 Å². The Kier molecular flexibility index (Phi) is 3.14. The van der Waals surface area contributed by atoms with E-state index in [4.69, 9.17) is 0 Å². The number of piperazine rings is 1. The van der Waals surface area contributed by atoms with Gasteiger partial charge in [-0.05, 0) is 32.7 Å². The molecule has 1 N–H and O–H groups in total. The van der Waals surface area contributed by atoms with Gasteiger partial charge in [-0.3, -0.25) is 9.69 Å². The summed E-state index contributed by atoms with van der Waals surface area (Å²) in [5.74, 6) is 0.939. The maximum Gasteiger partial charge on any atom is 0.274 e. The molecule has 0 aliphatic carbocycles. The van der Waals surface area contributed by atoms with Crippen LogP contribution < -0.4 is 5.32 Å². The van der Waals surface area contributed by atoms with Crippen LogP contribution in [0.15, 0.2) is 6.20 Å². The summed E-state index contributed by atoms with van der Waals surface area (Å²) < 4.78 is 2.06. The third-order valence-electron chi connectivity index (χ3n) is 5.05. The second kappa shape index (κ2) is 5.02. The van der Waals surface area contributed by atoms with E-state index in [1.165, 1.54) is 19.4 Å². The lowest BCUT2D eigenvalue weighted by Gasteiger charge is -2.42. The highest BCUT2D eigenvalue weighted by atomic mass is 16.2. The van der Waals surface area contributed by atoms with Crippen LogP contribution in [0.3, 0.4) is 0 Å². The highest BCUT2D eigenvalue weighted by Gasteiger charge is 2.37. The maximum absolute atomic E-state index is 12.8. The number of amides is 1. The fraction of sp³-hybridized carbons (Fsp3) is 0.733. The predicted octanol–water partition coefficient (Wildman–Crippen LogP) is 1.01. The van der Waals surface area contributed by atoms with Gasteiger partial charge in [0.1, 0.15) is 5.69 Å². The molecule has 1 amide bonds. The van der Waals surface area contributed by atoms with Crippen LogP contribution in [0.5, 0.6) is 0 Å². The Labute approximate surface area is 125 Å². The van der Waals surface area contributed by atoms with E-state index in [-0.39, 0.29) is 11.9 Å². The minimum atomic E-state index is 0.0951. The zero-order valence-electron chi connectivity index (χ0n) is 12.6. The van der Waals surface area contributed by atoms with E-state index in [2.05, 4.69) is 26.7 Å². The number of carbonyl (C=O) groups excluding carboxylic acids is 1. The van der Waals surface area contributed by atoms with Crippen molar-refractivity contribution in [3.63, 3.8) is 0 Å². The summed E-state index contributed by atoms with van der Waals surface area (Å²) in [6.45, 7) is 7.11. The minimum Gasteiger partial charge on any atom is -0.356 e. The Morgan fingerprint density at radius 3 is 3.10 bits per heavy atom. The van der Waals surface area contributed by atoms with Gasteiger partial charge in [0, 0.05) is 44.5 Å². The predicted molar refractivity (Wildman–Crippen MR) is 80.4 cm³/mol. The molecule has 4 heterocycles. The molecule has 4 rings (SSSR count). The van der Waals surface area contributed by atoms with Gasteiger partial charge in [0.05, 0.1) is 0 Å².